The fourth-order valence-corrected chi connectivity index (χ4v) is 5.04. The highest BCUT2D eigenvalue weighted by atomic mass is 19.4. The van der Waals surface area contributed by atoms with Gasteiger partial charge in [-0.2, -0.15) is 18.2 Å². The number of benzene rings is 1. The molecule has 9 nitrogen and oxygen atoms in total. The molecule has 0 saturated heterocycles. The van der Waals surface area contributed by atoms with Crippen molar-refractivity contribution in [3.63, 3.8) is 0 Å². The van der Waals surface area contributed by atoms with Gasteiger partial charge in [0.25, 0.3) is 5.56 Å². The highest BCUT2D eigenvalue weighted by molar-refractivity contribution is 5.77. The molecule has 3 N–H and O–H groups in total. The zero-order chi connectivity index (χ0) is 27.7. The van der Waals surface area contributed by atoms with Crippen molar-refractivity contribution in [2.75, 3.05) is 11.9 Å². The molecule has 2 aliphatic rings. The molecule has 1 aliphatic carbocycles. The Morgan fingerprint density at radius 2 is 1.92 bits per heavy atom. The second-order valence-corrected chi connectivity index (χ2v) is 10.7. The molecule has 6 rings (SSSR count). The molecule has 1 aromatic carbocycles. The number of aromatic nitrogens is 5. The molecule has 0 unspecified atom stereocenters. The van der Waals surface area contributed by atoms with Gasteiger partial charge >= 0.3 is 6.18 Å². The van der Waals surface area contributed by atoms with Gasteiger partial charge in [0.15, 0.2) is 17.3 Å². The Morgan fingerprint density at radius 1 is 1.15 bits per heavy atom. The third-order valence-electron chi connectivity index (χ3n) is 7.21. The minimum absolute atomic E-state index is 0.000714. The van der Waals surface area contributed by atoms with Crippen LogP contribution in [-0.2, 0) is 24.1 Å². The minimum Gasteiger partial charge on any atom is -0.384 e. The van der Waals surface area contributed by atoms with Crippen LogP contribution in [0.5, 0.6) is 0 Å². The standard InChI is InChI=1S/C26H25F4N7O2/c1-24(2)12-31-10-14-9-15(3-4-17(14)24)33-23-32-11-16-20(35-23)37(36(22(16)38)13-26(28,29)30)21-18(27)5-6-19(34-21)25(39)7-8-25/h3-6,9,11,31,39H,7-8,10,12-13H2,1-2H3,(H,32,33,35). The van der Waals surface area contributed by atoms with Crippen molar-refractivity contribution in [3.8, 4) is 5.82 Å². The molecule has 0 atom stereocenters. The van der Waals surface area contributed by atoms with Crippen molar-refractivity contribution in [1.29, 1.82) is 0 Å². The number of alkyl halides is 3. The maximum atomic E-state index is 15.1. The summed E-state index contributed by atoms with van der Waals surface area (Å²) in [5.41, 5.74) is 0.368. The van der Waals surface area contributed by atoms with Gasteiger partial charge in [0.1, 0.15) is 17.5 Å². The number of nitrogens with zero attached hydrogens (tertiary/aromatic N) is 5. The topological polar surface area (TPSA) is 110 Å². The number of aliphatic hydroxyl groups is 1. The van der Waals surface area contributed by atoms with Crippen molar-refractivity contribution in [2.24, 2.45) is 0 Å². The largest absolute Gasteiger partial charge is 0.408 e. The monoisotopic (exact) mass is 543 g/mol. The number of fused-ring (bicyclic) bond motifs is 2. The maximum absolute atomic E-state index is 15.1. The first-order valence-corrected chi connectivity index (χ1v) is 12.4. The van der Waals surface area contributed by atoms with Crippen LogP contribution in [0.3, 0.4) is 0 Å². The lowest BCUT2D eigenvalue weighted by atomic mass is 9.79. The zero-order valence-corrected chi connectivity index (χ0v) is 21.1. The molecule has 1 aliphatic heterocycles. The SMILES string of the molecule is CC1(C)CNCc2cc(Nc3ncc4c(=O)n(CC(F)(F)F)n(-c5nc(C6(O)CC6)ccc5F)c4n3)ccc21. The van der Waals surface area contributed by atoms with E-state index in [9.17, 15) is 23.1 Å². The predicted molar refractivity (Wildman–Crippen MR) is 135 cm³/mol. The van der Waals surface area contributed by atoms with Gasteiger partial charge in [-0.3, -0.25) is 4.79 Å². The summed E-state index contributed by atoms with van der Waals surface area (Å²) < 4.78 is 56.6. The third kappa shape index (κ3) is 4.55. The van der Waals surface area contributed by atoms with E-state index >= 15 is 4.39 Å². The molecule has 204 valence electrons. The minimum atomic E-state index is -4.79. The van der Waals surface area contributed by atoms with Crippen LogP contribution in [-0.4, -0.2) is 42.1 Å². The van der Waals surface area contributed by atoms with Crippen molar-refractivity contribution in [3.05, 3.63) is 69.5 Å². The first-order chi connectivity index (χ1) is 18.3. The van der Waals surface area contributed by atoms with E-state index < -0.39 is 35.5 Å². The number of hydrogen-bond donors (Lipinski definition) is 3. The van der Waals surface area contributed by atoms with Gasteiger partial charge in [0, 0.05) is 30.4 Å². The van der Waals surface area contributed by atoms with Crippen LogP contribution in [0.1, 0.15) is 43.5 Å². The van der Waals surface area contributed by atoms with Gasteiger partial charge in [-0.25, -0.2) is 23.7 Å². The van der Waals surface area contributed by atoms with Crippen LogP contribution >= 0.6 is 0 Å². The highest BCUT2D eigenvalue weighted by Gasteiger charge is 2.44. The summed E-state index contributed by atoms with van der Waals surface area (Å²) in [6.07, 6.45) is -2.92. The molecule has 4 aromatic rings. The molecule has 39 heavy (non-hydrogen) atoms. The molecule has 4 heterocycles. The van der Waals surface area contributed by atoms with Gasteiger partial charge in [-0.1, -0.05) is 19.9 Å². The van der Waals surface area contributed by atoms with Crippen LogP contribution in [0.4, 0.5) is 29.2 Å². The van der Waals surface area contributed by atoms with Gasteiger partial charge in [-0.15, -0.1) is 0 Å². The van der Waals surface area contributed by atoms with E-state index in [-0.39, 0.29) is 28.1 Å². The Kier molecular flexibility index (Phi) is 5.60. The molecule has 3 aromatic heterocycles. The van der Waals surface area contributed by atoms with Crippen molar-refractivity contribution < 1.29 is 22.7 Å². The van der Waals surface area contributed by atoms with E-state index in [1.165, 1.54) is 11.6 Å². The van der Waals surface area contributed by atoms with E-state index in [2.05, 4.69) is 39.4 Å². The summed E-state index contributed by atoms with van der Waals surface area (Å²) in [5.74, 6) is -1.55. The van der Waals surface area contributed by atoms with Crippen molar-refractivity contribution >= 4 is 22.7 Å². The Balaban J connectivity index is 1.48. The fourth-order valence-electron chi connectivity index (χ4n) is 5.04. The van der Waals surface area contributed by atoms with Crippen LogP contribution in [0.2, 0.25) is 0 Å². The van der Waals surface area contributed by atoms with E-state index in [0.717, 1.165) is 24.4 Å². The van der Waals surface area contributed by atoms with E-state index in [4.69, 9.17) is 0 Å². The average molecular weight is 544 g/mol. The first-order valence-electron chi connectivity index (χ1n) is 12.4. The molecule has 0 radical (unpaired) electrons. The summed E-state index contributed by atoms with van der Waals surface area (Å²) in [7, 11) is 0. The molecular formula is C26H25F4N7O2. The molecule has 1 fully saturated rings. The summed E-state index contributed by atoms with van der Waals surface area (Å²) in [6.45, 7) is 4.08. The number of rotatable bonds is 5. The second-order valence-electron chi connectivity index (χ2n) is 10.7. The molecule has 0 spiro atoms. The first kappa shape index (κ1) is 25.4. The Labute approximate surface area is 219 Å². The Bertz CT molecular complexity index is 1670. The average Bonchev–Trinajstić information content (AvgIpc) is 3.56. The molecule has 0 bridgehead atoms. The van der Waals surface area contributed by atoms with Crippen LogP contribution in [0.25, 0.3) is 16.9 Å². The van der Waals surface area contributed by atoms with Gasteiger partial charge in [0.05, 0.1) is 5.69 Å². The molecule has 0 amide bonds. The predicted octanol–water partition coefficient (Wildman–Crippen LogP) is 3.78. The number of pyridine rings is 1. The lowest BCUT2D eigenvalue weighted by Gasteiger charge is -2.33. The summed E-state index contributed by atoms with van der Waals surface area (Å²) in [5, 5.41) is 16.7. The van der Waals surface area contributed by atoms with E-state index in [1.54, 1.807) is 0 Å². The fraction of sp³-hybridized carbons (Fsp3) is 0.385. The van der Waals surface area contributed by atoms with Crippen LogP contribution in [0, 0.1) is 5.82 Å². The molecular weight excluding hydrogens is 518 g/mol. The van der Waals surface area contributed by atoms with Crippen LogP contribution < -0.4 is 16.2 Å². The van der Waals surface area contributed by atoms with E-state index in [1.807, 2.05) is 18.2 Å². The smallest absolute Gasteiger partial charge is 0.384 e. The maximum Gasteiger partial charge on any atom is 0.408 e. The van der Waals surface area contributed by atoms with Crippen molar-refractivity contribution in [1.82, 2.24) is 29.6 Å². The highest BCUT2D eigenvalue weighted by Crippen LogP contribution is 2.44. The van der Waals surface area contributed by atoms with Crippen molar-refractivity contribution in [2.45, 2.75) is 57.0 Å². The summed E-state index contributed by atoms with van der Waals surface area (Å²) >= 11 is 0. The number of halogens is 4. The second kappa shape index (κ2) is 8.58. The lowest BCUT2D eigenvalue weighted by Crippen LogP contribution is -2.38. The van der Waals surface area contributed by atoms with Crippen LogP contribution in [0.15, 0.2) is 41.3 Å². The lowest BCUT2D eigenvalue weighted by molar-refractivity contribution is -0.144. The van der Waals surface area contributed by atoms with Gasteiger partial charge in [-0.05, 0) is 48.2 Å². The Hall–Kier alpha value is -3.84. The normalized spacial score (nSPS) is 17.7. The van der Waals surface area contributed by atoms with E-state index in [0.29, 0.717) is 34.4 Å². The quantitative estimate of drug-likeness (QED) is 0.329. The summed E-state index contributed by atoms with van der Waals surface area (Å²) in [6, 6.07) is 8.06. The molecule has 13 heteroatoms. The number of anilines is 2. The van der Waals surface area contributed by atoms with Gasteiger partial charge in [0.2, 0.25) is 5.95 Å². The number of nitrogens with one attached hydrogen (secondary N) is 2. The summed E-state index contributed by atoms with van der Waals surface area (Å²) in [4.78, 5) is 25.6. The Morgan fingerprint density at radius 3 is 2.64 bits per heavy atom. The van der Waals surface area contributed by atoms with Gasteiger partial charge < -0.3 is 15.7 Å². The third-order valence-corrected chi connectivity index (χ3v) is 7.21. The molecule has 1 saturated carbocycles. The zero-order valence-electron chi connectivity index (χ0n) is 21.1. The number of hydrogen-bond acceptors (Lipinski definition) is 7.